The largest absolute Gasteiger partial charge is 0.280 e. The number of benzene rings is 2. The molecule has 0 unspecified atom stereocenters. The van der Waals surface area contributed by atoms with Gasteiger partial charge in [-0.05, 0) is 48.9 Å². The first-order valence-electron chi connectivity index (χ1n) is 6.77. The molecule has 0 atom stereocenters. The number of sulfonamides is 1. The van der Waals surface area contributed by atoms with Crippen molar-refractivity contribution < 1.29 is 21.2 Å². The van der Waals surface area contributed by atoms with Crippen LogP contribution in [0.5, 0.6) is 0 Å². The van der Waals surface area contributed by atoms with Crippen LogP contribution < -0.4 is 4.72 Å². The molecule has 0 bridgehead atoms. The maximum absolute atomic E-state index is 13.5. The number of hydrogen-bond donors (Lipinski definition) is 1. The van der Waals surface area contributed by atoms with Crippen molar-refractivity contribution in [2.75, 3.05) is 10.5 Å². The summed E-state index contributed by atoms with van der Waals surface area (Å²) in [5.41, 5.74) is 0.541. The zero-order chi connectivity index (χ0) is 17.3. The van der Waals surface area contributed by atoms with E-state index in [0.717, 1.165) is 6.07 Å². The number of aryl methyl sites for hydroxylation is 1. The van der Waals surface area contributed by atoms with Crippen molar-refractivity contribution in [2.24, 2.45) is 0 Å². The SMILES string of the molecule is CCS(=O)(=O)c1ccc(NS(=O)(=O)c2ccc(C)c(F)c2)cc1. The maximum atomic E-state index is 13.5. The molecule has 8 heteroatoms. The van der Waals surface area contributed by atoms with Crippen molar-refractivity contribution >= 4 is 25.5 Å². The summed E-state index contributed by atoms with van der Waals surface area (Å²) in [6, 6.07) is 8.97. The van der Waals surface area contributed by atoms with Crippen LogP contribution in [0.3, 0.4) is 0 Å². The van der Waals surface area contributed by atoms with Crippen molar-refractivity contribution in [3.8, 4) is 0 Å². The molecule has 2 rings (SSSR count). The molecule has 0 amide bonds. The van der Waals surface area contributed by atoms with E-state index in [1.54, 1.807) is 0 Å². The summed E-state index contributed by atoms with van der Waals surface area (Å²) in [5, 5.41) is 0. The van der Waals surface area contributed by atoms with Crippen LogP contribution >= 0.6 is 0 Å². The minimum Gasteiger partial charge on any atom is -0.280 e. The molecule has 124 valence electrons. The third kappa shape index (κ3) is 3.89. The van der Waals surface area contributed by atoms with E-state index < -0.39 is 25.7 Å². The van der Waals surface area contributed by atoms with Crippen LogP contribution in [0.4, 0.5) is 10.1 Å². The number of rotatable bonds is 5. The second kappa shape index (κ2) is 6.29. The quantitative estimate of drug-likeness (QED) is 0.892. The summed E-state index contributed by atoms with van der Waals surface area (Å²) >= 11 is 0. The number of nitrogens with one attached hydrogen (secondary N) is 1. The van der Waals surface area contributed by atoms with E-state index in [4.69, 9.17) is 0 Å². The molecule has 5 nitrogen and oxygen atoms in total. The van der Waals surface area contributed by atoms with Gasteiger partial charge in [0.1, 0.15) is 5.82 Å². The molecule has 0 radical (unpaired) electrons. The number of hydrogen-bond acceptors (Lipinski definition) is 4. The Morgan fingerprint density at radius 3 is 2.04 bits per heavy atom. The Kier molecular flexibility index (Phi) is 4.76. The number of halogens is 1. The zero-order valence-corrected chi connectivity index (χ0v) is 14.2. The molecule has 0 heterocycles. The van der Waals surface area contributed by atoms with E-state index >= 15 is 0 Å². The van der Waals surface area contributed by atoms with Crippen molar-refractivity contribution in [3.63, 3.8) is 0 Å². The van der Waals surface area contributed by atoms with Crippen LogP contribution in [0.25, 0.3) is 0 Å². The van der Waals surface area contributed by atoms with Gasteiger partial charge in [0.05, 0.1) is 15.5 Å². The van der Waals surface area contributed by atoms with Crippen molar-refractivity contribution in [1.82, 2.24) is 0 Å². The maximum Gasteiger partial charge on any atom is 0.261 e. The molecule has 0 saturated carbocycles. The van der Waals surface area contributed by atoms with E-state index in [2.05, 4.69) is 4.72 Å². The lowest BCUT2D eigenvalue weighted by molar-refractivity contribution is 0.593. The Bertz CT molecular complexity index is 920. The summed E-state index contributed by atoms with van der Waals surface area (Å²) in [6.07, 6.45) is 0. The fraction of sp³-hybridized carbons (Fsp3) is 0.200. The van der Waals surface area contributed by atoms with Crippen LogP contribution in [0.15, 0.2) is 52.3 Å². The molecule has 0 aliphatic heterocycles. The van der Waals surface area contributed by atoms with Gasteiger partial charge in [0.25, 0.3) is 10.0 Å². The highest BCUT2D eigenvalue weighted by molar-refractivity contribution is 7.92. The van der Waals surface area contributed by atoms with E-state index in [9.17, 15) is 21.2 Å². The molecule has 0 aliphatic carbocycles. The second-order valence-electron chi connectivity index (χ2n) is 4.94. The van der Waals surface area contributed by atoms with Gasteiger partial charge in [0, 0.05) is 5.69 Å². The molecule has 0 saturated heterocycles. The Balaban J connectivity index is 2.29. The second-order valence-corrected chi connectivity index (χ2v) is 8.90. The van der Waals surface area contributed by atoms with Crippen LogP contribution in [0.1, 0.15) is 12.5 Å². The highest BCUT2D eigenvalue weighted by Gasteiger charge is 2.17. The average Bonchev–Trinajstić information content (AvgIpc) is 2.50. The van der Waals surface area contributed by atoms with E-state index in [1.807, 2.05) is 0 Å². The van der Waals surface area contributed by atoms with Crippen LogP contribution in [0, 0.1) is 12.7 Å². The molecule has 0 fully saturated rings. The molecule has 2 aromatic rings. The van der Waals surface area contributed by atoms with Gasteiger partial charge < -0.3 is 0 Å². The van der Waals surface area contributed by atoms with E-state index in [-0.39, 0.29) is 21.2 Å². The first-order valence-corrected chi connectivity index (χ1v) is 9.91. The topological polar surface area (TPSA) is 80.3 Å². The van der Waals surface area contributed by atoms with Crippen LogP contribution in [-0.2, 0) is 19.9 Å². The van der Waals surface area contributed by atoms with Crippen molar-refractivity contribution in [2.45, 2.75) is 23.6 Å². The Morgan fingerprint density at radius 1 is 0.957 bits per heavy atom. The smallest absolute Gasteiger partial charge is 0.261 e. The van der Waals surface area contributed by atoms with E-state index in [0.29, 0.717) is 5.56 Å². The fourth-order valence-electron chi connectivity index (χ4n) is 1.85. The molecule has 0 aliphatic rings. The van der Waals surface area contributed by atoms with Crippen molar-refractivity contribution in [3.05, 3.63) is 53.8 Å². The molecular formula is C15H16FNO4S2. The minimum absolute atomic E-state index is 0.0410. The van der Waals surface area contributed by atoms with Crippen LogP contribution in [0.2, 0.25) is 0 Å². The highest BCUT2D eigenvalue weighted by Crippen LogP contribution is 2.20. The Morgan fingerprint density at radius 2 is 1.52 bits per heavy atom. The lowest BCUT2D eigenvalue weighted by Gasteiger charge is -2.09. The van der Waals surface area contributed by atoms with Gasteiger partial charge in [-0.1, -0.05) is 13.0 Å². The van der Waals surface area contributed by atoms with Gasteiger partial charge in [-0.15, -0.1) is 0 Å². The molecular weight excluding hydrogens is 341 g/mol. The van der Waals surface area contributed by atoms with Gasteiger partial charge in [-0.2, -0.15) is 0 Å². The Labute approximate surface area is 135 Å². The molecule has 23 heavy (non-hydrogen) atoms. The first-order chi connectivity index (χ1) is 10.7. The highest BCUT2D eigenvalue weighted by atomic mass is 32.2. The lowest BCUT2D eigenvalue weighted by atomic mass is 10.2. The number of sulfone groups is 1. The molecule has 0 aromatic heterocycles. The van der Waals surface area contributed by atoms with Crippen LogP contribution in [-0.4, -0.2) is 22.6 Å². The summed E-state index contributed by atoms with van der Waals surface area (Å²) in [5.74, 6) is -0.655. The predicted molar refractivity (Wildman–Crippen MR) is 86.1 cm³/mol. The van der Waals surface area contributed by atoms with Gasteiger partial charge in [0.15, 0.2) is 9.84 Å². The molecule has 1 N–H and O–H groups in total. The fourth-order valence-corrected chi connectivity index (χ4v) is 3.81. The van der Waals surface area contributed by atoms with Gasteiger partial charge >= 0.3 is 0 Å². The summed E-state index contributed by atoms with van der Waals surface area (Å²) in [4.78, 5) is -0.0878. The molecule has 0 spiro atoms. The molecule has 2 aromatic carbocycles. The zero-order valence-electron chi connectivity index (χ0n) is 12.6. The first kappa shape index (κ1) is 17.4. The minimum atomic E-state index is -3.95. The summed E-state index contributed by atoms with van der Waals surface area (Å²) < 4.78 is 63.6. The average molecular weight is 357 g/mol. The summed E-state index contributed by atoms with van der Waals surface area (Å²) in [6.45, 7) is 3.06. The standard InChI is InChI=1S/C15H16FNO4S2/c1-3-22(18,19)13-8-5-12(6-9-13)17-23(20,21)14-7-4-11(2)15(16)10-14/h4-10,17H,3H2,1-2H3. The van der Waals surface area contributed by atoms with E-state index in [1.165, 1.54) is 50.2 Å². The van der Waals surface area contributed by atoms with Gasteiger partial charge in [-0.3, -0.25) is 4.72 Å². The van der Waals surface area contributed by atoms with Gasteiger partial charge in [-0.25, -0.2) is 21.2 Å². The Hall–Kier alpha value is -1.93. The normalized spacial score (nSPS) is 12.1. The van der Waals surface area contributed by atoms with Crippen molar-refractivity contribution in [1.29, 1.82) is 0 Å². The van der Waals surface area contributed by atoms with Gasteiger partial charge in [0.2, 0.25) is 0 Å². The summed E-state index contributed by atoms with van der Waals surface area (Å²) in [7, 11) is -7.29. The number of anilines is 1. The third-order valence-corrected chi connectivity index (χ3v) is 6.43. The predicted octanol–water partition coefficient (Wildman–Crippen LogP) is 2.73. The third-order valence-electron chi connectivity index (χ3n) is 3.30. The lowest BCUT2D eigenvalue weighted by Crippen LogP contribution is -2.13. The monoisotopic (exact) mass is 357 g/mol.